The molecule has 114 valence electrons. The maximum Gasteiger partial charge on any atom is 0.0521 e. The van der Waals surface area contributed by atoms with Crippen LogP contribution in [0.15, 0.2) is 36.7 Å². The number of hydrogen-bond acceptors (Lipinski definition) is 2. The summed E-state index contributed by atoms with van der Waals surface area (Å²) >= 11 is 0. The Hall–Kier alpha value is -1.61. The number of rotatable bonds is 8. The zero-order valence-electron chi connectivity index (χ0n) is 13.5. The highest BCUT2D eigenvalue weighted by atomic mass is 15.3. The summed E-state index contributed by atoms with van der Waals surface area (Å²) in [6, 6.07) is 8.94. The van der Waals surface area contributed by atoms with Crippen molar-refractivity contribution in [2.45, 2.75) is 46.1 Å². The highest BCUT2D eigenvalue weighted by molar-refractivity contribution is 5.26. The summed E-state index contributed by atoms with van der Waals surface area (Å²) in [7, 11) is 0. The molecule has 3 nitrogen and oxygen atoms in total. The lowest BCUT2D eigenvalue weighted by Gasteiger charge is -2.17. The first-order chi connectivity index (χ1) is 10.2. The first kappa shape index (κ1) is 15.8. The van der Waals surface area contributed by atoms with Crippen LogP contribution < -0.4 is 5.32 Å². The van der Waals surface area contributed by atoms with E-state index in [4.69, 9.17) is 0 Å². The monoisotopic (exact) mass is 285 g/mol. The van der Waals surface area contributed by atoms with Crippen molar-refractivity contribution in [2.24, 2.45) is 0 Å². The topological polar surface area (TPSA) is 29.9 Å². The lowest BCUT2D eigenvalue weighted by Crippen LogP contribution is -2.23. The molecule has 0 spiro atoms. The predicted molar refractivity (Wildman–Crippen MR) is 88.7 cm³/mol. The molecule has 1 aromatic heterocycles. The molecule has 1 atom stereocenters. The Morgan fingerprint density at radius 2 is 1.95 bits per heavy atom. The molecule has 2 rings (SSSR count). The molecule has 0 radical (unpaired) electrons. The van der Waals surface area contributed by atoms with Gasteiger partial charge >= 0.3 is 0 Å². The van der Waals surface area contributed by atoms with Crippen molar-refractivity contribution in [3.05, 3.63) is 53.3 Å². The van der Waals surface area contributed by atoms with Gasteiger partial charge in [0.2, 0.25) is 0 Å². The normalized spacial score (nSPS) is 12.5. The van der Waals surface area contributed by atoms with Crippen molar-refractivity contribution in [3.63, 3.8) is 0 Å². The minimum atomic E-state index is 0.506. The molecule has 0 bridgehead atoms. The Bertz CT molecular complexity index is 528. The van der Waals surface area contributed by atoms with Gasteiger partial charge < -0.3 is 5.32 Å². The molecule has 0 saturated heterocycles. The molecule has 0 amide bonds. The average Bonchev–Trinajstić information content (AvgIpc) is 2.95. The molecule has 0 aliphatic rings. The Morgan fingerprint density at radius 3 is 2.57 bits per heavy atom. The molecule has 21 heavy (non-hydrogen) atoms. The van der Waals surface area contributed by atoms with Crippen molar-refractivity contribution in [1.29, 1.82) is 0 Å². The lowest BCUT2D eigenvalue weighted by molar-refractivity contribution is 0.576. The van der Waals surface area contributed by atoms with Gasteiger partial charge in [0.1, 0.15) is 0 Å². The summed E-state index contributed by atoms with van der Waals surface area (Å²) in [5, 5.41) is 7.95. The molecule has 1 N–H and O–H groups in total. The van der Waals surface area contributed by atoms with Crippen molar-refractivity contribution in [2.75, 3.05) is 13.1 Å². The van der Waals surface area contributed by atoms with Gasteiger partial charge in [-0.2, -0.15) is 5.10 Å². The van der Waals surface area contributed by atoms with Crippen molar-refractivity contribution in [3.8, 4) is 0 Å². The van der Waals surface area contributed by atoms with Gasteiger partial charge in [-0.25, -0.2) is 0 Å². The maximum absolute atomic E-state index is 4.39. The van der Waals surface area contributed by atoms with Gasteiger partial charge in [-0.1, -0.05) is 36.8 Å². The van der Waals surface area contributed by atoms with E-state index in [0.717, 1.165) is 26.1 Å². The molecular formula is C18H27N3. The maximum atomic E-state index is 4.39. The zero-order chi connectivity index (χ0) is 15.1. The van der Waals surface area contributed by atoms with Crippen LogP contribution in [0.4, 0.5) is 0 Å². The minimum Gasteiger partial charge on any atom is -0.316 e. The van der Waals surface area contributed by atoms with Gasteiger partial charge in [0.15, 0.2) is 0 Å². The van der Waals surface area contributed by atoms with Crippen molar-refractivity contribution < 1.29 is 0 Å². The fourth-order valence-corrected chi connectivity index (χ4v) is 2.57. The van der Waals surface area contributed by atoms with Crippen LogP contribution >= 0.6 is 0 Å². The summed E-state index contributed by atoms with van der Waals surface area (Å²) in [6.45, 7) is 9.50. The Morgan fingerprint density at radius 1 is 1.19 bits per heavy atom. The van der Waals surface area contributed by atoms with E-state index in [1.807, 2.05) is 10.9 Å². The van der Waals surface area contributed by atoms with E-state index in [9.17, 15) is 0 Å². The molecule has 0 saturated carbocycles. The molecule has 3 heteroatoms. The molecule has 1 unspecified atom stereocenters. The SMILES string of the molecule is CCCNCC(Cc1cnn(CC)c1)c1ccc(C)cc1. The second-order valence-corrected chi connectivity index (χ2v) is 5.72. The first-order valence-corrected chi connectivity index (χ1v) is 8.01. The van der Waals surface area contributed by atoms with E-state index >= 15 is 0 Å². The van der Waals surface area contributed by atoms with Gasteiger partial charge in [-0.05, 0) is 44.4 Å². The quantitative estimate of drug-likeness (QED) is 0.752. The minimum absolute atomic E-state index is 0.506. The third-order valence-corrected chi connectivity index (χ3v) is 3.86. The van der Waals surface area contributed by atoms with Crippen LogP contribution in [0.5, 0.6) is 0 Å². The van der Waals surface area contributed by atoms with E-state index in [1.54, 1.807) is 0 Å². The number of nitrogens with one attached hydrogen (secondary N) is 1. The van der Waals surface area contributed by atoms with E-state index in [0.29, 0.717) is 5.92 Å². The van der Waals surface area contributed by atoms with E-state index in [-0.39, 0.29) is 0 Å². The summed E-state index contributed by atoms with van der Waals surface area (Å²) in [6.07, 6.45) is 6.39. The van der Waals surface area contributed by atoms with Crippen molar-refractivity contribution >= 4 is 0 Å². The zero-order valence-corrected chi connectivity index (χ0v) is 13.5. The van der Waals surface area contributed by atoms with Crippen LogP contribution in [-0.4, -0.2) is 22.9 Å². The molecule has 1 heterocycles. The van der Waals surface area contributed by atoms with E-state index in [1.165, 1.54) is 23.1 Å². The fourth-order valence-electron chi connectivity index (χ4n) is 2.57. The van der Waals surface area contributed by atoms with Crippen molar-refractivity contribution in [1.82, 2.24) is 15.1 Å². The Kier molecular flexibility index (Phi) is 6.00. The second kappa shape index (κ2) is 7.99. The van der Waals surface area contributed by atoms with Crippen LogP contribution in [0.1, 0.15) is 42.9 Å². The smallest absolute Gasteiger partial charge is 0.0521 e. The predicted octanol–water partition coefficient (Wildman–Crippen LogP) is 3.54. The first-order valence-electron chi connectivity index (χ1n) is 8.01. The summed E-state index contributed by atoms with van der Waals surface area (Å²) in [4.78, 5) is 0. The summed E-state index contributed by atoms with van der Waals surface area (Å²) in [5.74, 6) is 0.506. The number of benzene rings is 1. The highest BCUT2D eigenvalue weighted by Gasteiger charge is 2.13. The van der Waals surface area contributed by atoms with Crippen LogP contribution in [0.25, 0.3) is 0 Å². The Balaban J connectivity index is 2.09. The van der Waals surface area contributed by atoms with Gasteiger partial charge in [-0.3, -0.25) is 4.68 Å². The fraction of sp³-hybridized carbons (Fsp3) is 0.500. The third-order valence-electron chi connectivity index (χ3n) is 3.86. The van der Waals surface area contributed by atoms with Crippen LogP contribution in [0, 0.1) is 6.92 Å². The van der Waals surface area contributed by atoms with Gasteiger partial charge in [0, 0.05) is 25.2 Å². The summed E-state index contributed by atoms with van der Waals surface area (Å²) in [5.41, 5.74) is 4.05. The Labute approximate surface area is 128 Å². The number of aryl methyl sites for hydroxylation is 2. The van der Waals surface area contributed by atoms with Gasteiger partial charge in [-0.15, -0.1) is 0 Å². The van der Waals surface area contributed by atoms with Gasteiger partial charge in [0.25, 0.3) is 0 Å². The molecule has 0 aliphatic heterocycles. The molecule has 2 aromatic rings. The standard InChI is InChI=1S/C18H27N3/c1-4-10-19-13-18(17-8-6-15(3)7-9-17)11-16-12-20-21(5-2)14-16/h6-9,12,14,18-19H,4-5,10-11,13H2,1-3H3. The average molecular weight is 285 g/mol. The van der Waals surface area contributed by atoms with E-state index in [2.05, 4.69) is 61.6 Å². The van der Waals surface area contributed by atoms with Gasteiger partial charge in [0.05, 0.1) is 6.20 Å². The third kappa shape index (κ3) is 4.71. The largest absolute Gasteiger partial charge is 0.316 e. The number of nitrogens with zero attached hydrogens (tertiary/aromatic N) is 2. The second-order valence-electron chi connectivity index (χ2n) is 5.72. The molecular weight excluding hydrogens is 258 g/mol. The van der Waals surface area contributed by atoms with E-state index < -0.39 is 0 Å². The molecule has 0 fully saturated rings. The number of hydrogen-bond donors (Lipinski definition) is 1. The number of aromatic nitrogens is 2. The summed E-state index contributed by atoms with van der Waals surface area (Å²) < 4.78 is 2.00. The molecule has 0 aliphatic carbocycles. The lowest BCUT2D eigenvalue weighted by atomic mass is 9.92. The van der Waals surface area contributed by atoms with Crippen LogP contribution in [0.3, 0.4) is 0 Å². The van der Waals surface area contributed by atoms with Crippen LogP contribution in [-0.2, 0) is 13.0 Å². The highest BCUT2D eigenvalue weighted by Crippen LogP contribution is 2.21. The molecule has 1 aromatic carbocycles. The van der Waals surface area contributed by atoms with Crippen LogP contribution in [0.2, 0.25) is 0 Å².